The number of nitrogens with zero attached hydrogens (tertiary/aromatic N) is 2. The highest BCUT2D eigenvalue weighted by molar-refractivity contribution is 9.10. The fourth-order valence-corrected chi connectivity index (χ4v) is 2.19. The van der Waals surface area contributed by atoms with Crippen molar-refractivity contribution in [3.63, 3.8) is 0 Å². The van der Waals surface area contributed by atoms with E-state index in [1.807, 2.05) is 0 Å². The topological polar surface area (TPSA) is 54.9 Å². The first-order valence-electron chi connectivity index (χ1n) is 4.94. The Hall–Kier alpha value is -1.55. The highest BCUT2D eigenvalue weighted by Crippen LogP contribution is 2.33. The number of anilines is 1. The minimum absolute atomic E-state index is 0.160. The fourth-order valence-electron chi connectivity index (χ4n) is 1.22. The quantitative estimate of drug-likeness (QED) is 0.821. The number of aromatic nitrogens is 2. The van der Waals surface area contributed by atoms with E-state index in [1.54, 1.807) is 0 Å². The molecule has 0 unspecified atom stereocenters. The second-order valence-electron chi connectivity index (χ2n) is 3.49. The van der Waals surface area contributed by atoms with Gasteiger partial charge in [-0.15, -0.1) is 10.2 Å². The lowest BCUT2D eigenvalue weighted by Crippen LogP contribution is -2.13. The molecule has 20 heavy (non-hydrogen) atoms. The number of rotatable bonds is 2. The van der Waals surface area contributed by atoms with Crippen LogP contribution in [-0.4, -0.2) is 16.1 Å². The SMILES string of the molecule is O=C(Nc1nnc(C(F)(F)F)s1)c1cc(Br)ccc1F. The maximum atomic E-state index is 13.4. The van der Waals surface area contributed by atoms with Gasteiger partial charge in [0.15, 0.2) is 0 Å². The zero-order valence-electron chi connectivity index (χ0n) is 9.33. The van der Waals surface area contributed by atoms with Crippen molar-refractivity contribution >= 4 is 38.3 Å². The van der Waals surface area contributed by atoms with Crippen molar-refractivity contribution in [2.24, 2.45) is 0 Å². The van der Waals surface area contributed by atoms with Gasteiger partial charge in [-0.1, -0.05) is 27.3 Å². The zero-order valence-corrected chi connectivity index (χ0v) is 11.7. The normalized spacial score (nSPS) is 11.4. The number of carbonyl (C=O) groups excluding carboxylic acids is 1. The molecule has 1 amide bonds. The number of hydrogen-bond acceptors (Lipinski definition) is 4. The summed E-state index contributed by atoms with van der Waals surface area (Å²) in [6.45, 7) is 0. The van der Waals surface area contributed by atoms with E-state index in [4.69, 9.17) is 0 Å². The molecule has 0 bridgehead atoms. The van der Waals surface area contributed by atoms with Gasteiger partial charge in [0.2, 0.25) is 10.1 Å². The van der Waals surface area contributed by atoms with Crippen LogP contribution in [0.5, 0.6) is 0 Å². The molecular formula is C10H4BrF4N3OS. The zero-order chi connectivity index (χ0) is 14.9. The summed E-state index contributed by atoms with van der Waals surface area (Å²) < 4.78 is 50.8. The molecule has 0 spiro atoms. The van der Waals surface area contributed by atoms with Gasteiger partial charge in [0, 0.05) is 4.47 Å². The minimum atomic E-state index is -4.64. The van der Waals surface area contributed by atoms with E-state index in [0.29, 0.717) is 4.47 Å². The Bertz CT molecular complexity index is 658. The van der Waals surface area contributed by atoms with Gasteiger partial charge >= 0.3 is 6.18 Å². The molecule has 0 aliphatic rings. The van der Waals surface area contributed by atoms with Crippen LogP contribution in [0.4, 0.5) is 22.7 Å². The Morgan fingerprint density at radius 3 is 2.60 bits per heavy atom. The van der Waals surface area contributed by atoms with Crippen molar-refractivity contribution in [2.75, 3.05) is 5.32 Å². The number of hydrogen-bond donors (Lipinski definition) is 1. The van der Waals surface area contributed by atoms with Crippen LogP contribution in [0.2, 0.25) is 0 Å². The van der Waals surface area contributed by atoms with Gasteiger partial charge in [0.1, 0.15) is 5.82 Å². The highest BCUT2D eigenvalue weighted by Gasteiger charge is 2.35. The molecule has 106 valence electrons. The van der Waals surface area contributed by atoms with Crippen LogP contribution in [0.3, 0.4) is 0 Å². The van der Waals surface area contributed by atoms with Crippen molar-refractivity contribution in [3.8, 4) is 0 Å². The maximum Gasteiger partial charge on any atom is 0.445 e. The Labute approximate surface area is 122 Å². The Kier molecular flexibility index (Phi) is 4.04. The van der Waals surface area contributed by atoms with Gasteiger partial charge in [-0.05, 0) is 18.2 Å². The molecule has 0 aliphatic carbocycles. The molecule has 0 radical (unpaired) electrons. The average molecular weight is 370 g/mol. The van der Waals surface area contributed by atoms with E-state index in [9.17, 15) is 22.4 Å². The molecule has 0 saturated heterocycles. The Morgan fingerprint density at radius 2 is 2.00 bits per heavy atom. The maximum absolute atomic E-state index is 13.4. The molecular weight excluding hydrogens is 366 g/mol. The van der Waals surface area contributed by atoms with Crippen LogP contribution in [0.25, 0.3) is 0 Å². The predicted molar refractivity (Wildman–Crippen MR) is 67.0 cm³/mol. The third kappa shape index (κ3) is 3.31. The smallest absolute Gasteiger partial charge is 0.296 e. The first-order chi connectivity index (χ1) is 9.27. The van der Waals surface area contributed by atoms with E-state index < -0.39 is 22.9 Å². The fraction of sp³-hybridized carbons (Fsp3) is 0.100. The van der Waals surface area contributed by atoms with Gasteiger partial charge < -0.3 is 0 Å². The molecule has 2 rings (SSSR count). The summed E-state index contributed by atoms with van der Waals surface area (Å²) in [5.41, 5.74) is -0.317. The van der Waals surface area contributed by atoms with Crippen LogP contribution in [0, 0.1) is 5.82 Å². The van der Waals surface area contributed by atoms with E-state index in [1.165, 1.54) is 12.1 Å². The second-order valence-corrected chi connectivity index (χ2v) is 5.38. The summed E-state index contributed by atoms with van der Waals surface area (Å²) in [7, 11) is 0. The third-order valence-corrected chi connectivity index (χ3v) is 3.44. The molecule has 0 aliphatic heterocycles. The van der Waals surface area contributed by atoms with E-state index in [-0.39, 0.29) is 22.0 Å². The van der Waals surface area contributed by atoms with Crippen LogP contribution in [0.15, 0.2) is 22.7 Å². The minimum Gasteiger partial charge on any atom is -0.296 e. The Balaban J connectivity index is 2.20. The van der Waals surface area contributed by atoms with Gasteiger partial charge in [0.25, 0.3) is 5.91 Å². The largest absolute Gasteiger partial charge is 0.445 e. The molecule has 1 aromatic carbocycles. The molecule has 1 heterocycles. The number of benzene rings is 1. The van der Waals surface area contributed by atoms with E-state index >= 15 is 0 Å². The third-order valence-electron chi connectivity index (χ3n) is 2.06. The molecule has 0 saturated carbocycles. The average Bonchev–Trinajstić information content (AvgIpc) is 2.80. The van der Waals surface area contributed by atoms with Crippen molar-refractivity contribution < 1.29 is 22.4 Å². The number of alkyl halides is 3. The molecule has 0 fully saturated rings. The Morgan fingerprint density at radius 1 is 1.30 bits per heavy atom. The molecule has 2 aromatic rings. The summed E-state index contributed by atoms with van der Waals surface area (Å²) in [5, 5.41) is 6.59. The lowest BCUT2D eigenvalue weighted by atomic mass is 10.2. The van der Waals surface area contributed by atoms with Crippen LogP contribution in [-0.2, 0) is 6.18 Å². The van der Waals surface area contributed by atoms with Crippen LogP contribution in [0.1, 0.15) is 15.4 Å². The first kappa shape index (κ1) is 14.9. The summed E-state index contributed by atoms with van der Waals surface area (Å²) in [6, 6.07) is 3.65. The van der Waals surface area contributed by atoms with Crippen molar-refractivity contribution in [1.82, 2.24) is 10.2 Å². The van der Waals surface area contributed by atoms with Crippen molar-refractivity contribution in [2.45, 2.75) is 6.18 Å². The van der Waals surface area contributed by atoms with Crippen LogP contribution >= 0.6 is 27.3 Å². The molecule has 1 aromatic heterocycles. The van der Waals surface area contributed by atoms with E-state index in [0.717, 1.165) is 6.07 Å². The summed E-state index contributed by atoms with van der Waals surface area (Å²) in [5.74, 6) is -1.71. The lowest BCUT2D eigenvalue weighted by Gasteiger charge is -2.03. The molecule has 1 N–H and O–H groups in total. The van der Waals surface area contributed by atoms with Crippen molar-refractivity contribution in [3.05, 3.63) is 39.1 Å². The summed E-state index contributed by atoms with van der Waals surface area (Å²) >= 11 is 3.22. The van der Waals surface area contributed by atoms with Gasteiger partial charge in [-0.25, -0.2) is 4.39 Å². The number of carbonyl (C=O) groups is 1. The molecule has 4 nitrogen and oxygen atoms in total. The monoisotopic (exact) mass is 369 g/mol. The van der Waals surface area contributed by atoms with E-state index in [2.05, 4.69) is 31.4 Å². The van der Waals surface area contributed by atoms with Crippen LogP contribution < -0.4 is 5.32 Å². The lowest BCUT2D eigenvalue weighted by molar-refractivity contribution is -0.138. The first-order valence-corrected chi connectivity index (χ1v) is 6.55. The van der Waals surface area contributed by atoms with Gasteiger partial charge in [0.05, 0.1) is 5.56 Å². The number of halogens is 5. The number of nitrogens with one attached hydrogen (secondary N) is 1. The van der Waals surface area contributed by atoms with Gasteiger partial charge in [-0.2, -0.15) is 13.2 Å². The van der Waals surface area contributed by atoms with Gasteiger partial charge in [-0.3, -0.25) is 10.1 Å². The summed E-state index contributed by atoms with van der Waals surface area (Å²) in [4.78, 5) is 11.7. The molecule has 0 atom stereocenters. The summed E-state index contributed by atoms with van der Waals surface area (Å²) in [6.07, 6.45) is -4.64. The molecule has 10 heteroatoms. The second kappa shape index (κ2) is 5.44. The standard InChI is InChI=1S/C10H4BrF4N3OS/c11-4-1-2-6(12)5(3-4)7(19)16-9-18-17-8(20-9)10(13,14)15/h1-3H,(H,16,18,19). The highest BCUT2D eigenvalue weighted by atomic mass is 79.9. The van der Waals surface area contributed by atoms with Crippen molar-refractivity contribution in [1.29, 1.82) is 0 Å². The predicted octanol–water partition coefficient (Wildman–Crippen LogP) is 3.71. The number of amides is 1.